The number of thiazole rings is 1. The Morgan fingerprint density at radius 3 is 2.82 bits per heavy atom. The van der Waals surface area contributed by atoms with E-state index in [1.165, 1.54) is 42.7 Å². The molecule has 0 unspecified atom stereocenters. The molecule has 22 heavy (non-hydrogen) atoms. The summed E-state index contributed by atoms with van der Waals surface area (Å²) >= 11 is 7.51. The van der Waals surface area contributed by atoms with Gasteiger partial charge in [-0.15, -0.1) is 11.3 Å². The van der Waals surface area contributed by atoms with Crippen molar-refractivity contribution in [3.8, 4) is 0 Å². The Morgan fingerprint density at radius 1 is 1.41 bits per heavy atom. The Kier molecular flexibility index (Phi) is 5.30. The summed E-state index contributed by atoms with van der Waals surface area (Å²) in [6.07, 6.45) is 2.96. The molecule has 1 amide bonds. The molecular weight excluding hydrogens is 324 g/mol. The van der Waals surface area contributed by atoms with E-state index in [0.717, 1.165) is 5.01 Å². The highest BCUT2D eigenvalue weighted by Crippen LogP contribution is 2.23. The Balaban J connectivity index is 2.10. The van der Waals surface area contributed by atoms with Gasteiger partial charge in [-0.3, -0.25) is 4.79 Å². The van der Waals surface area contributed by atoms with E-state index in [1.807, 2.05) is 12.3 Å². The quantitative estimate of drug-likeness (QED) is 0.685. The largest absolute Gasteiger partial charge is 0.465 e. The van der Waals surface area contributed by atoms with E-state index in [0.29, 0.717) is 22.0 Å². The van der Waals surface area contributed by atoms with Gasteiger partial charge in [0, 0.05) is 11.5 Å². The number of carbonyl (C=O) groups excluding carboxylic acids is 2. The zero-order chi connectivity index (χ0) is 16.1. The number of aromatic nitrogens is 1. The van der Waals surface area contributed by atoms with Crippen molar-refractivity contribution in [3.05, 3.63) is 50.9 Å². The molecule has 0 aliphatic carbocycles. The molecule has 0 fully saturated rings. The van der Waals surface area contributed by atoms with Crippen LogP contribution in [0.15, 0.2) is 29.7 Å². The molecule has 2 aromatic rings. The topological polar surface area (TPSA) is 68.3 Å². The van der Waals surface area contributed by atoms with Crippen molar-refractivity contribution >= 4 is 46.6 Å². The number of benzene rings is 1. The summed E-state index contributed by atoms with van der Waals surface area (Å²) in [5.41, 5.74) is 1.36. The lowest BCUT2D eigenvalue weighted by atomic mass is 10.2. The Hall–Kier alpha value is -2.18. The maximum atomic E-state index is 11.9. The van der Waals surface area contributed by atoms with Crippen LogP contribution < -0.4 is 5.32 Å². The normalized spacial score (nSPS) is 10.7. The van der Waals surface area contributed by atoms with Gasteiger partial charge in [-0.25, -0.2) is 9.78 Å². The first kappa shape index (κ1) is 16.2. The first-order valence-corrected chi connectivity index (χ1v) is 7.54. The zero-order valence-electron chi connectivity index (χ0n) is 11.9. The number of esters is 1. The van der Waals surface area contributed by atoms with Crippen LogP contribution in [0.3, 0.4) is 0 Å². The lowest BCUT2D eigenvalue weighted by Crippen LogP contribution is -2.09. The van der Waals surface area contributed by atoms with E-state index in [9.17, 15) is 9.59 Å². The van der Waals surface area contributed by atoms with Crippen LogP contribution in [-0.4, -0.2) is 24.0 Å². The molecule has 0 atom stereocenters. The van der Waals surface area contributed by atoms with Crippen LogP contribution >= 0.6 is 22.9 Å². The maximum absolute atomic E-state index is 11.9. The first-order chi connectivity index (χ1) is 10.5. The van der Waals surface area contributed by atoms with Crippen LogP contribution in [0.1, 0.15) is 21.1 Å². The van der Waals surface area contributed by atoms with Gasteiger partial charge >= 0.3 is 5.97 Å². The number of methoxy groups -OCH3 is 1. The number of aryl methyl sites for hydroxylation is 1. The fourth-order valence-electron chi connectivity index (χ4n) is 1.66. The highest BCUT2D eigenvalue weighted by atomic mass is 35.5. The van der Waals surface area contributed by atoms with Crippen molar-refractivity contribution in [3.63, 3.8) is 0 Å². The smallest absolute Gasteiger partial charge is 0.337 e. The summed E-state index contributed by atoms with van der Waals surface area (Å²) in [7, 11) is 1.29. The first-order valence-electron chi connectivity index (χ1n) is 6.28. The minimum Gasteiger partial charge on any atom is -0.465 e. The second-order valence-corrected chi connectivity index (χ2v) is 5.77. The van der Waals surface area contributed by atoms with Gasteiger partial charge < -0.3 is 10.1 Å². The molecule has 114 valence electrons. The summed E-state index contributed by atoms with van der Waals surface area (Å²) in [6.45, 7) is 1.89. The molecular formula is C15H13ClN2O3S. The molecule has 0 bridgehead atoms. The third-order valence-electron chi connectivity index (χ3n) is 2.69. The molecule has 0 spiro atoms. The summed E-state index contributed by atoms with van der Waals surface area (Å²) in [5.74, 6) is -0.866. The van der Waals surface area contributed by atoms with Crippen LogP contribution in [0, 0.1) is 6.92 Å². The van der Waals surface area contributed by atoms with Crippen LogP contribution in [0.25, 0.3) is 6.08 Å². The summed E-state index contributed by atoms with van der Waals surface area (Å²) in [6, 6.07) is 4.52. The van der Waals surface area contributed by atoms with Crippen molar-refractivity contribution in [1.29, 1.82) is 0 Å². The van der Waals surface area contributed by atoms with E-state index in [2.05, 4.69) is 15.0 Å². The molecule has 1 heterocycles. The average molecular weight is 337 g/mol. The second kappa shape index (κ2) is 7.20. The molecule has 0 aliphatic rings. The number of hydrogen-bond donors (Lipinski definition) is 1. The van der Waals surface area contributed by atoms with Gasteiger partial charge in [0.1, 0.15) is 0 Å². The van der Waals surface area contributed by atoms with Gasteiger partial charge in [-0.05, 0) is 31.2 Å². The summed E-state index contributed by atoms with van der Waals surface area (Å²) in [4.78, 5) is 27.6. The highest BCUT2D eigenvalue weighted by Gasteiger charge is 2.10. The third kappa shape index (κ3) is 4.16. The zero-order valence-corrected chi connectivity index (χ0v) is 13.5. The van der Waals surface area contributed by atoms with Crippen LogP contribution in [0.2, 0.25) is 5.02 Å². The lowest BCUT2D eigenvalue weighted by Gasteiger charge is -2.07. The van der Waals surface area contributed by atoms with Crippen LogP contribution in [0.4, 0.5) is 5.69 Å². The minimum atomic E-state index is -0.499. The molecule has 0 saturated carbocycles. The number of halogens is 1. The number of ether oxygens (including phenoxy) is 1. The predicted octanol–water partition coefficient (Wildman–Crippen LogP) is 3.54. The van der Waals surface area contributed by atoms with E-state index < -0.39 is 5.97 Å². The van der Waals surface area contributed by atoms with Crippen LogP contribution in [-0.2, 0) is 9.53 Å². The number of hydrogen-bond acceptors (Lipinski definition) is 5. The lowest BCUT2D eigenvalue weighted by molar-refractivity contribution is -0.111. The Labute approximate surface area is 136 Å². The molecule has 0 aliphatic heterocycles. The molecule has 7 heteroatoms. The molecule has 5 nitrogen and oxygen atoms in total. The van der Waals surface area contributed by atoms with Crippen LogP contribution in [0.5, 0.6) is 0 Å². The number of anilines is 1. The molecule has 1 N–H and O–H groups in total. The Bertz CT molecular complexity index is 740. The molecule has 2 rings (SSSR count). The van der Waals surface area contributed by atoms with Gasteiger partial charge in [-0.2, -0.15) is 0 Å². The highest BCUT2D eigenvalue weighted by molar-refractivity contribution is 7.09. The molecule has 0 radical (unpaired) electrons. The van der Waals surface area contributed by atoms with Crippen molar-refractivity contribution in [2.45, 2.75) is 6.92 Å². The SMILES string of the molecule is COC(=O)c1ccc(Cl)c(NC(=O)/C=C/c2csc(C)n2)c1. The van der Waals surface area contributed by atoms with Gasteiger partial charge in [0.2, 0.25) is 5.91 Å². The third-order valence-corrected chi connectivity index (χ3v) is 3.81. The monoisotopic (exact) mass is 336 g/mol. The standard InChI is InChI=1S/C15H13ClN2O3S/c1-9-17-11(8-22-9)4-6-14(19)18-13-7-10(15(20)21-2)3-5-12(13)16/h3-8H,1-2H3,(H,18,19)/b6-4+. The molecule has 0 saturated heterocycles. The van der Waals surface area contributed by atoms with Crippen molar-refractivity contribution in [1.82, 2.24) is 4.98 Å². The number of rotatable bonds is 4. The average Bonchev–Trinajstić information content (AvgIpc) is 2.92. The predicted molar refractivity (Wildman–Crippen MR) is 87.3 cm³/mol. The van der Waals surface area contributed by atoms with Gasteiger partial charge in [0.25, 0.3) is 0 Å². The second-order valence-electron chi connectivity index (χ2n) is 4.30. The van der Waals surface area contributed by atoms with E-state index in [-0.39, 0.29) is 5.91 Å². The molecule has 1 aromatic heterocycles. The van der Waals surface area contributed by atoms with Crippen molar-refractivity contribution in [2.75, 3.05) is 12.4 Å². The van der Waals surface area contributed by atoms with E-state index in [1.54, 1.807) is 6.08 Å². The van der Waals surface area contributed by atoms with Gasteiger partial charge in [-0.1, -0.05) is 11.6 Å². The number of nitrogens with zero attached hydrogens (tertiary/aromatic N) is 1. The Morgan fingerprint density at radius 2 is 2.18 bits per heavy atom. The fourth-order valence-corrected chi connectivity index (χ4v) is 2.40. The van der Waals surface area contributed by atoms with Crippen molar-refractivity contribution in [2.24, 2.45) is 0 Å². The number of carbonyl (C=O) groups is 2. The van der Waals surface area contributed by atoms with E-state index >= 15 is 0 Å². The summed E-state index contributed by atoms with van der Waals surface area (Å²) in [5, 5.41) is 5.73. The fraction of sp³-hybridized carbons (Fsp3) is 0.133. The van der Waals surface area contributed by atoms with E-state index in [4.69, 9.17) is 11.6 Å². The number of nitrogens with one attached hydrogen (secondary N) is 1. The summed E-state index contributed by atoms with van der Waals surface area (Å²) < 4.78 is 4.63. The number of amides is 1. The van der Waals surface area contributed by atoms with Gasteiger partial charge in [0.15, 0.2) is 0 Å². The van der Waals surface area contributed by atoms with Gasteiger partial charge in [0.05, 0.1) is 34.1 Å². The minimum absolute atomic E-state index is 0.307. The van der Waals surface area contributed by atoms with Crippen molar-refractivity contribution < 1.29 is 14.3 Å². The molecule has 1 aromatic carbocycles. The maximum Gasteiger partial charge on any atom is 0.337 e.